The van der Waals surface area contributed by atoms with Crippen molar-refractivity contribution >= 4 is 5.91 Å². The predicted molar refractivity (Wildman–Crippen MR) is 75.3 cm³/mol. The van der Waals surface area contributed by atoms with Crippen LogP contribution in [0.15, 0.2) is 30.3 Å². The van der Waals surface area contributed by atoms with Gasteiger partial charge in [-0.15, -0.1) is 0 Å². The average molecular weight is 248 g/mol. The molecule has 0 radical (unpaired) electrons. The molecule has 1 amide bonds. The van der Waals surface area contributed by atoms with Gasteiger partial charge in [0.25, 0.3) is 0 Å². The molecule has 3 heteroatoms. The minimum atomic E-state index is -0.221. The van der Waals surface area contributed by atoms with Gasteiger partial charge in [-0.2, -0.15) is 0 Å². The van der Waals surface area contributed by atoms with E-state index in [0.29, 0.717) is 6.54 Å². The Morgan fingerprint density at radius 3 is 2.28 bits per heavy atom. The molecule has 0 aliphatic heterocycles. The summed E-state index contributed by atoms with van der Waals surface area (Å²) in [5.74, 6) is -0.0356. The predicted octanol–water partition coefficient (Wildman–Crippen LogP) is 2.28. The van der Waals surface area contributed by atoms with Crippen LogP contribution in [0.3, 0.4) is 0 Å². The van der Waals surface area contributed by atoms with Crippen LogP contribution in [0.1, 0.15) is 39.2 Å². The summed E-state index contributed by atoms with van der Waals surface area (Å²) < 4.78 is 0. The van der Waals surface area contributed by atoms with Crippen molar-refractivity contribution in [3.63, 3.8) is 0 Å². The molecule has 0 spiro atoms. The number of nitrogens with one attached hydrogen (secondary N) is 1. The van der Waals surface area contributed by atoms with E-state index in [-0.39, 0.29) is 23.3 Å². The molecule has 2 atom stereocenters. The van der Waals surface area contributed by atoms with E-state index >= 15 is 0 Å². The van der Waals surface area contributed by atoms with E-state index in [0.717, 1.165) is 5.56 Å². The molecule has 100 valence electrons. The molecular weight excluding hydrogens is 224 g/mol. The van der Waals surface area contributed by atoms with Gasteiger partial charge in [0.2, 0.25) is 5.91 Å². The van der Waals surface area contributed by atoms with Crippen molar-refractivity contribution in [1.29, 1.82) is 0 Å². The summed E-state index contributed by atoms with van der Waals surface area (Å²) in [6.45, 7) is 8.34. The first-order valence-electron chi connectivity index (χ1n) is 6.42. The first-order chi connectivity index (χ1) is 8.35. The van der Waals surface area contributed by atoms with E-state index in [4.69, 9.17) is 5.73 Å². The van der Waals surface area contributed by atoms with Gasteiger partial charge in [0.15, 0.2) is 0 Å². The molecule has 0 aliphatic rings. The summed E-state index contributed by atoms with van der Waals surface area (Å²) in [6, 6.07) is 10.0. The highest BCUT2D eigenvalue weighted by Crippen LogP contribution is 2.24. The summed E-state index contributed by atoms with van der Waals surface area (Å²) in [7, 11) is 0. The zero-order valence-electron chi connectivity index (χ0n) is 11.7. The Morgan fingerprint density at radius 2 is 1.83 bits per heavy atom. The maximum absolute atomic E-state index is 12.2. The summed E-state index contributed by atoms with van der Waals surface area (Å²) >= 11 is 0. The third kappa shape index (κ3) is 4.15. The lowest BCUT2D eigenvalue weighted by molar-refractivity contribution is -0.126. The van der Waals surface area contributed by atoms with Crippen LogP contribution in [-0.4, -0.2) is 18.0 Å². The lowest BCUT2D eigenvalue weighted by atomic mass is 9.86. The number of carbonyl (C=O) groups excluding carboxylic acids is 1. The molecule has 0 aliphatic carbocycles. The topological polar surface area (TPSA) is 55.1 Å². The second-order valence-electron chi connectivity index (χ2n) is 5.78. The lowest BCUT2D eigenvalue weighted by Gasteiger charge is -2.27. The highest BCUT2D eigenvalue weighted by molar-refractivity contribution is 5.80. The molecule has 3 nitrogen and oxygen atoms in total. The van der Waals surface area contributed by atoms with E-state index in [1.54, 1.807) is 0 Å². The second-order valence-corrected chi connectivity index (χ2v) is 5.78. The van der Waals surface area contributed by atoms with Crippen LogP contribution >= 0.6 is 0 Å². The SMILES string of the molecule is CC(c1ccccc1)C(CN)C(=O)NC(C)(C)C. The van der Waals surface area contributed by atoms with Crippen molar-refractivity contribution in [2.24, 2.45) is 11.7 Å². The van der Waals surface area contributed by atoms with Gasteiger partial charge in [0, 0.05) is 12.1 Å². The van der Waals surface area contributed by atoms with E-state index in [1.165, 1.54) is 0 Å². The number of nitrogens with two attached hydrogens (primary N) is 1. The number of rotatable bonds is 4. The van der Waals surface area contributed by atoms with E-state index in [2.05, 4.69) is 12.2 Å². The van der Waals surface area contributed by atoms with Gasteiger partial charge < -0.3 is 11.1 Å². The summed E-state index contributed by atoms with van der Waals surface area (Å²) in [4.78, 5) is 12.2. The Hall–Kier alpha value is -1.35. The van der Waals surface area contributed by atoms with Crippen LogP contribution in [0.25, 0.3) is 0 Å². The lowest BCUT2D eigenvalue weighted by Crippen LogP contribution is -2.46. The first-order valence-corrected chi connectivity index (χ1v) is 6.42. The van der Waals surface area contributed by atoms with Gasteiger partial charge in [-0.25, -0.2) is 0 Å². The van der Waals surface area contributed by atoms with Crippen LogP contribution in [0.2, 0.25) is 0 Å². The Balaban J connectivity index is 2.81. The minimum Gasteiger partial charge on any atom is -0.351 e. The van der Waals surface area contributed by atoms with Crippen molar-refractivity contribution in [3.05, 3.63) is 35.9 Å². The van der Waals surface area contributed by atoms with Crippen LogP contribution in [0.5, 0.6) is 0 Å². The third-order valence-corrected chi connectivity index (χ3v) is 3.02. The molecule has 0 saturated carbocycles. The normalized spacial score (nSPS) is 14.9. The number of benzene rings is 1. The smallest absolute Gasteiger partial charge is 0.225 e. The van der Waals surface area contributed by atoms with Gasteiger partial charge >= 0.3 is 0 Å². The zero-order chi connectivity index (χ0) is 13.8. The fourth-order valence-corrected chi connectivity index (χ4v) is 1.99. The Bertz CT molecular complexity index is 381. The van der Waals surface area contributed by atoms with Gasteiger partial charge in [-0.1, -0.05) is 37.3 Å². The molecule has 0 heterocycles. The largest absolute Gasteiger partial charge is 0.351 e. The van der Waals surface area contributed by atoms with E-state index in [1.807, 2.05) is 51.1 Å². The quantitative estimate of drug-likeness (QED) is 0.859. The fraction of sp³-hybridized carbons (Fsp3) is 0.533. The zero-order valence-corrected chi connectivity index (χ0v) is 11.7. The van der Waals surface area contributed by atoms with Crippen molar-refractivity contribution in [2.75, 3.05) is 6.54 Å². The van der Waals surface area contributed by atoms with Crippen molar-refractivity contribution < 1.29 is 4.79 Å². The third-order valence-electron chi connectivity index (χ3n) is 3.02. The summed E-state index contributed by atoms with van der Waals surface area (Å²) in [5.41, 5.74) is 6.70. The number of amides is 1. The van der Waals surface area contributed by atoms with Crippen molar-refractivity contribution in [2.45, 2.75) is 39.2 Å². The number of carbonyl (C=O) groups is 1. The van der Waals surface area contributed by atoms with Crippen LogP contribution in [-0.2, 0) is 4.79 Å². The minimum absolute atomic E-state index is 0.0290. The molecule has 0 fully saturated rings. The Kier molecular flexibility index (Phi) is 4.91. The van der Waals surface area contributed by atoms with Crippen molar-refractivity contribution in [1.82, 2.24) is 5.32 Å². The monoisotopic (exact) mass is 248 g/mol. The maximum atomic E-state index is 12.2. The van der Waals surface area contributed by atoms with Gasteiger partial charge in [-0.3, -0.25) is 4.79 Å². The van der Waals surface area contributed by atoms with E-state index < -0.39 is 0 Å². The first kappa shape index (κ1) is 14.7. The molecular formula is C15H24N2O. The maximum Gasteiger partial charge on any atom is 0.225 e. The van der Waals surface area contributed by atoms with E-state index in [9.17, 15) is 4.79 Å². The molecule has 1 aromatic carbocycles. The molecule has 0 aromatic heterocycles. The van der Waals surface area contributed by atoms with Crippen LogP contribution in [0, 0.1) is 5.92 Å². The number of hydrogen-bond acceptors (Lipinski definition) is 2. The Morgan fingerprint density at radius 1 is 1.28 bits per heavy atom. The molecule has 1 aromatic rings. The van der Waals surface area contributed by atoms with Crippen molar-refractivity contribution in [3.8, 4) is 0 Å². The average Bonchev–Trinajstić information content (AvgIpc) is 2.28. The van der Waals surface area contributed by atoms with Crippen LogP contribution < -0.4 is 11.1 Å². The molecule has 2 unspecified atom stereocenters. The molecule has 0 saturated heterocycles. The Labute approximate surface area is 110 Å². The van der Waals surface area contributed by atoms with Gasteiger partial charge in [-0.05, 0) is 32.3 Å². The van der Waals surface area contributed by atoms with Gasteiger partial charge in [0.1, 0.15) is 0 Å². The van der Waals surface area contributed by atoms with Gasteiger partial charge in [0.05, 0.1) is 5.92 Å². The fourth-order valence-electron chi connectivity index (χ4n) is 1.99. The standard InChI is InChI=1S/C15H24N2O/c1-11(12-8-6-5-7-9-12)13(10-16)14(18)17-15(2,3)4/h5-9,11,13H,10,16H2,1-4H3,(H,17,18). The molecule has 3 N–H and O–H groups in total. The number of hydrogen-bond donors (Lipinski definition) is 2. The van der Waals surface area contributed by atoms with Crippen LogP contribution in [0.4, 0.5) is 0 Å². The summed E-state index contributed by atoms with van der Waals surface area (Å²) in [6.07, 6.45) is 0. The molecule has 0 bridgehead atoms. The summed E-state index contributed by atoms with van der Waals surface area (Å²) in [5, 5.41) is 3.00. The molecule has 18 heavy (non-hydrogen) atoms. The highest BCUT2D eigenvalue weighted by atomic mass is 16.2. The second kappa shape index (κ2) is 6.01. The molecule has 1 rings (SSSR count). The highest BCUT2D eigenvalue weighted by Gasteiger charge is 2.27.